The second-order valence-electron chi connectivity index (χ2n) is 4.38. The number of aromatic nitrogens is 2. The Labute approximate surface area is 112 Å². The Kier molecular flexibility index (Phi) is 3.55. The molecule has 100 valence electrons. The van der Waals surface area contributed by atoms with Crippen molar-refractivity contribution in [3.05, 3.63) is 41.1 Å². The molecule has 0 saturated heterocycles. The van der Waals surface area contributed by atoms with Crippen LogP contribution < -0.4 is 5.73 Å². The zero-order valence-electron chi connectivity index (χ0n) is 11.3. The topological polar surface area (TPSA) is 70.1 Å². The lowest BCUT2D eigenvalue weighted by Crippen LogP contribution is -2.07. The van der Waals surface area contributed by atoms with Gasteiger partial charge in [-0.05, 0) is 32.4 Å². The molecule has 2 rings (SSSR count). The first-order valence-corrected chi connectivity index (χ1v) is 6.13. The highest BCUT2D eigenvalue weighted by Crippen LogP contribution is 2.19. The third-order valence-corrected chi connectivity index (χ3v) is 2.80. The molecule has 1 heterocycles. The normalized spacial score (nSPS) is 10.5. The van der Waals surface area contributed by atoms with Crippen molar-refractivity contribution in [3.63, 3.8) is 0 Å². The number of esters is 1. The van der Waals surface area contributed by atoms with Gasteiger partial charge in [-0.3, -0.25) is 0 Å². The van der Waals surface area contributed by atoms with Gasteiger partial charge in [-0.15, -0.1) is 0 Å². The molecule has 1 aromatic carbocycles. The van der Waals surface area contributed by atoms with Gasteiger partial charge in [0, 0.05) is 6.07 Å². The van der Waals surface area contributed by atoms with Gasteiger partial charge in [-0.2, -0.15) is 5.10 Å². The van der Waals surface area contributed by atoms with Crippen LogP contribution in [0, 0.1) is 13.8 Å². The first kappa shape index (κ1) is 13.1. The molecule has 0 atom stereocenters. The highest BCUT2D eigenvalue weighted by Gasteiger charge is 2.15. The van der Waals surface area contributed by atoms with Crippen LogP contribution in [0.2, 0.25) is 0 Å². The van der Waals surface area contributed by atoms with Gasteiger partial charge in [0.1, 0.15) is 5.82 Å². The SMILES string of the molecule is CCOC(=O)c1cc(N)n(-c2ccc(C)cc2C)n1. The lowest BCUT2D eigenvalue weighted by atomic mass is 10.1. The van der Waals surface area contributed by atoms with Gasteiger partial charge in [0.25, 0.3) is 0 Å². The maximum atomic E-state index is 11.6. The molecule has 2 N–H and O–H groups in total. The molecular formula is C14H17N3O2. The number of carbonyl (C=O) groups excluding carboxylic acids is 1. The van der Waals surface area contributed by atoms with Crippen molar-refractivity contribution in [1.29, 1.82) is 0 Å². The zero-order valence-corrected chi connectivity index (χ0v) is 11.3. The number of nitrogens with zero attached hydrogens (tertiary/aromatic N) is 2. The molecular weight excluding hydrogens is 242 g/mol. The van der Waals surface area contributed by atoms with Gasteiger partial charge in [0.15, 0.2) is 5.69 Å². The minimum atomic E-state index is -0.460. The zero-order chi connectivity index (χ0) is 14.0. The Morgan fingerprint density at radius 3 is 2.74 bits per heavy atom. The Morgan fingerprint density at radius 1 is 1.37 bits per heavy atom. The Balaban J connectivity index is 2.43. The van der Waals surface area contributed by atoms with Crippen LogP contribution in [0.5, 0.6) is 0 Å². The molecule has 0 spiro atoms. The van der Waals surface area contributed by atoms with Crippen LogP contribution in [0.3, 0.4) is 0 Å². The summed E-state index contributed by atoms with van der Waals surface area (Å²) < 4.78 is 6.47. The predicted octanol–water partition coefficient (Wildman–Crippen LogP) is 2.25. The first-order chi connectivity index (χ1) is 9.02. The van der Waals surface area contributed by atoms with Crippen molar-refractivity contribution in [3.8, 4) is 5.69 Å². The average molecular weight is 259 g/mol. The van der Waals surface area contributed by atoms with Crippen molar-refractivity contribution in [2.45, 2.75) is 20.8 Å². The number of aryl methyl sites for hydroxylation is 2. The van der Waals surface area contributed by atoms with Crippen molar-refractivity contribution >= 4 is 11.8 Å². The van der Waals surface area contributed by atoms with Crippen molar-refractivity contribution in [2.24, 2.45) is 0 Å². The van der Waals surface area contributed by atoms with E-state index in [9.17, 15) is 4.79 Å². The highest BCUT2D eigenvalue weighted by molar-refractivity contribution is 5.88. The van der Waals surface area contributed by atoms with Crippen LogP contribution in [0.15, 0.2) is 24.3 Å². The molecule has 0 saturated carbocycles. The summed E-state index contributed by atoms with van der Waals surface area (Å²) in [5.41, 5.74) is 9.20. The van der Waals surface area contributed by atoms with E-state index in [4.69, 9.17) is 10.5 Å². The number of benzene rings is 1. The summed E-state index contributed by atoms with van der Waals surface area (Å²) in [5, 5.41) is 4.21. The van der Waals surface area contributed by atoms with Crippen LogP contribution in [0.1, 0.15) is 28.5 Å². The Morgan fingerprint density at radius 2 is 2.11 bits per heavy atom. The second-order valence-corrected chi connectivity index (χ2v) is 4.38. The molecule has 0 unspecified atom stereocenters. The molecule has 0 aliphatic rings. The van der Waals surface area contributed by atoms with Crippen LogP contribution in [-0.2, 0) is 4.74 Å². The van der Waals surface area contributed by atoms with Crippen molar-refractivity contribution in [2.75, 3.05) is 12.3 Å². The van der Waals surface area contributed by atoms with Crippen LogP contribution in [-0.4, -0.2) is 22.4 Å². The van der Waals surface area contributed by atoms with Gasteiger partial charge in [-0.25, -0.2) is 9.48 Å². The predicted molar refractivity (Wildman–Crippen MR) is 73.4 cm³/mol. The summed E-state index contributed by atoms with van der Waals surface area (Å²) in [5.74, 6) is -0.0484. The number of hydrogen-bond donors (Lipinski definition) is 1. The lowest BCUT2D eigenvalue weighted by Gasteiger charge is -2.08. The fourth-order valence-corrected chi connectivity index (χ4v) is 1.94. The molecule has 5 heteroatoms. The van der Waals surface area contributed by atoms with E-state index in [0.29, 0.717) is 12.4 Å². The standard InChI is InChI=1S/C14H17N3O2/c1-4-19-14(18)11-8-13(15)17(16-11)12-6-5-9(2)7-10(12)3/h5-8H,4,15H2,1-3H3. The van der Waals surface area contributed by atoms with Crippen molar-refractivity contribution in [1.82, 2.24) is 9.78 Å². The lowest BCUT2D eigenvalue weighted by molar-refractivity contribution is 0.0519. The summed E-state index contributed by atoms with van der Waals surface area (Å²) >= 11 is 0. The number of carbonyl (C=O) groups is 1. The number of nitrogen functional groups attached to an aromatic ring is 1. The number of hydrogen-bond acceptors (Lipinski definition) is 4. The van der Waals surface area contributed by atoms with E-state index < -0.39 is 5.97 Å². The summed E-state index contributed by atoms with van der Waals surface area (Å²) in [6.07, 6.45) is 0. The Hall–Kier alpha value is -2.30. The monoisotopic (exact) mass is 259 g/mol. The van der Waals surface area contributed by atoms with E-state index in [1.807, 2.05) is 32.0 Å². The molecule has 0 aliphatic heterocycles. The minimum absolute atomic E-state index is 0.222. The number of ether oxygens (including phenoxy) is 1. The molecule has 1 aromatic heterocycles. The average Bonchev–Trinajstić information content (AvgIpc) is 2.72. The molecule has 0 radical (unpaired) electrons. The van der Waals surface area contributed by atoms with E-state index in [1.54, 1.807) is 11.6 Å². The quantitative estimate of drug-likeness (QED) is 0.858. The van der Waals surface area contributed by atoms with Gasteiger partial charge in [0.2, 0.25) is 0 Å². The fourth-order valence-electron chi connectivity index (χ4n) is 1.94. The third-order valence-electron chi connectivity index (χ3n) is 2.80. The molecule has 0 bridgehead atoms. The van der Waals surface area contributed by atoms with E-state index in [0.717, 1.165) is 16.8 Å². The van der Waals surface area contributed by atoms with Gasteiger partial charge in [-0.1, -0.05) is 17.7 Å². The van der Waals surface area contributed by atoms with Crippen LogP contribution in [0.4, 0.5) is 5.82 Å². The maximum Gasteiger partial charge on any atom is 0.358 e. The van der Waals surface area contributed by atoms with Crippen LogP contribution in [0.25, 0.3) is 5.69 Å². The number of nitrogens with two attached hydrogens (primary N) is 1. The third kappa shape index (κ3) is 2.59. The van der Waals surface area contributed by atoms with E-state index in [1.165, 1.54) is 6.07 Å². The second kappa shape index (κ2) is 5.14. The van der Waals surface area contributed by atoms with E-state index >= 15 is 0 Å². The molecule has 19 heavy (non-hydrogen) atoms. The van der Waals surface area contributed by atoms with E-state index in [-0.39, 0.29) is 5.69 Å². The number of anilines is 1. The van der Waals surface area contributed by atoms with Gasteiger partial charge in [0.05, 0.1) is 12.3 Å². The smallest absolute Gasteiger partial charge is 0.358 e. The Bertz CT molecular complexity index is 617. The minimum Gasteiger partial charge on any atom is -0.461 e. The van der Waals surface area contributed by atoms with Gasteiger partial charge >= 0.3 is 5.97 Å². The van der Waals surface area contributed by atoms with E-state index in [2.05, 4.69) is 5.10 Å². The molecule has 0 aliphatic carbocycles. The van der Waals surface area contributed by atoms with Crippen molar-refractivity contribution < 1.29 is 9.53 Å². The number of rotatable bonds is 3. The summed E-state index contributed by atoms with van der Waals surface area (Å²) in [6.45, 7) is 6.07. The molecule has 5 nitrogen and oxygen atoms in total. The largest absolute Gasteiger partial charge is 0.461 e. The fraction of sp³-hybridized carbons (Fsp3) is 0.286. The maximum absolute atomic E-state index is 11.6. The molecule has 2 aromatic rings. The molecule has 0 fully saturated rings. The summed E-state index contributed by atoms with van der Waals surface area (Å²) in [7, 11) is 0. The van der Waals surface area contributed by atoms with Crippen LogP contribution >= 0.6 is 0 Å². The molecule has 0 amide bonds. The summed E-state index contributed by atoms with van der Waals surface area (Å²) in [4.78, 5) is 11.6. The highest BCUT2D eigenvalue weighted by atomic mass is 16.5. The summed E-state index contributed by atoms with van der Waals surface area (Å²) in [6, 6.07) is 7.48. The first-order valence-electron chi connectivity index (χ1n) is 6.13. The van der Waals surface area contributed by atoms with Gasteiger partial charge < -0.3 is 10.5 Å².